The molecule has 5 rings (SSSR count). The lowest BCUT2D eigenvalue weighted by Crippen LogP contribution is -1.95. The van der Waals surface area contributed by atoms with E-state index in [0.717, 1.165) is 12.8 Å². The van der Waals surface area contributed by atoms with Crippen molar-refractivity contribution >= 4 is 38.3 Å². The van der Waals surface area contributed by atoms with Gasteiger partial charge in [0, 0.05) is 16.5 Å². The molecular weight excluding hydrogens is 422 g/mol. The topological polar surface area (TPSA) is 4.93 Å². The maximum absolute atomic E-state index is 3.94. The predicted octanol–water partition coefficient (Wildman–Crippen LogP) is 9.70. The lowest BCUT2D eigenvalue weighted by molar-refractivity contribution is 1.16. The van der Waals surface area contributed by atoms with Crippen LogP contribution >= 0.6 is 0 Å². The minimum atomic E-state index is 0.888. The number of fused-ring (bicyclic) bond motifs is 4. The zero-order valence-corrected chi connectivity index (χ0v) is 20.6. The van der Waals surface area contributed by atoms with Crippen LogP contribution in [0.4, 0.5) is 0 Å². The van der Waals surface area contributed by atoms with Crippen LogP contribution in [-0.4, -0.2) is 4.57 Å². The van der Waals surface area contributed by atoms with E-state index in [1.165, 1.54) is 60.6 Å². The second-order valence-corrected chi connectivity index (χ2v) is 9.15. The van der Waals surface area contributed by atoms with Gasteiger partial charge in [-0.05, 0) is 84.5 Å². The molecule has 1 nitrogen and oxygen atoms in total. The van der Waals surface area contributed by atoms with Gasteiger partial charge >= 0.3 is 0 Å². The second kappa shape index (κ2) is 9.64. The number of benzene rings is 3. The molecule has 3 aromatic carbocycles. The maximum atomic E-state index is 3.94. The zero-order chi connectivity index (χ0) is 24.4. The van der Waals surface area contributed by atoms with Gasteiger partial charge in [0.1, 0.15) is 0 Å². The van der Waals surface area contributed by atoms with Crippen LogP contribution in [0.5, 0.6) is 0 Å². The zero-order valence-electron chi connectivity index (χ0n) is 20.6. The standard InChI is InChI=1S/C34H31N/c1-5-12-24(4)31-21-25(19-28(31)13-6-2)20-29(14-7-3)35-33-18-11-10-17-30(33)32-22-26-15-8-9-16-27(26)23-34(32)35/h5-11,13-18,20-23H,1-2,12,19H2,3-4H3/b14-7-,28-13-,29-20+,31-24-. The monoisotopic (exact) mass is 453 g/mol. The number of para-hydroxylation sites is 1. The SMILES string of the molecule is C=C/C=C1CC(/C=C(\C=C/C)n2c3ccccc3c3cc4ccccc4cc32)=CC/1=C(\C)CC=C. The third-order valence-corrected chi connectivity index (χ3v) is 6.77. The van der Waals surface area contributed by atoms with Crippen LogP contribution in [0.1, 0.15) is 26.7 Å². The number of rotatable bonds is 6. The molecule has 0 fully saturated rings. The molecule has 0 aliphatic heterocycles. The molecule has 4 aromatic rings. The number of aromatic nitrogens is 1. The first kappa shape index (κ1) is 22.7. The Balaban J connectivity index is 1.76. The van der Waals surface area contributed by atoms with Crippen molar-refractivity contribution < 1.29 is 0 Å². The van der Waals surface area contributed by atoms with Gasteiger partial charge in [-0.25, -0.2) is 0 Å². The molecule has 0 atom stereocenters. The fraction of sp³-hybridized carbons (Fsp3) is 0.118. The van der Waals surface area contributed by atoms with Crippen molar-refractivity contribution in [1.82, 2.24) is 4.57 Å². The van der Waals surface area contributed by atoms with Crippen molar-refractivity contribution in [2.75, 3.05) is 0 Å². The van der Waals surface area contributed by atoms with Crippen LogP contribution in [0.3, 0.4) is 0 Å². The van der Waals surface area contributed by atoms with Crippen LogP contribution in [0.2, 0.25) is 0 Å². The van der Waals surface area contributed by atoms with Crippen molar-refractivity contribution in [1.29, 1.82) is 0 Å². The molecule has 0 N–H and O–H groups in total. The molecule has 0 spiro atoms. The molecule has 0 amide bonds. The van der Waals surface area contributed by atoms with Gasteiger partial charge in [0.25, 0.3) is 0 Å². The van der Waals surface area contributed by atoms with E-state index in [1.807, 2.05) is 12.2 Å². The first-order chi connectivity index (χ1) is 17.1. The lowest BCUT2D eigenvalue weighted by Gasteiger charge is -2.10. The first-order valence-electron chi connectivity index (χ1n) is 12.2. The average Bonchev–Trinajstić information content (AvgIpc) is 3.41. The van der Waals surface area contributed by atoms with E-state index in [-0.39, 0.29) is 0 Å². The maximum Gasteiger partial charge on any atom is 0.0547 e. The number of allylic oxidation sites excluding steroid dienone is 12. The highest BCUT2D eigenvalue weighted by Gasteiger charge is 2.18. The fourth-order valence-electron chi connectivity index (χ4n) is 5.23. The van der Waals surface area contributed by atoms with E-state index in [4.69, 9.17) is 0 Å². The van der Waals surface area contributed by atoms with Gasteiger partial charge in [0.2, 0.25) is 0 Å². The van der Waals surface area contributed by atoms with Crippen LogP contribution in [0.15, 0.2) is 139 Å². The van der Waals surface area contributed by atoms with Crippen LogP contribution in [-0.2, 0) is 0 Å². The Bertz CT molecular complexity index is 1630. The van der Waals surface area contributed by atoms with Crippen molar-refractivity contribution in [3.8, 4) is 0 Å². The highest BCUT2D eigenvalue weighted by Crippen LogP contribution is 2.38. The quantitative estimate of drug-likeness (QED) is 0.202. The molecule has 0 saturated heterocycles. The summed E-state index contributed by atoms with van der Waals surface area (Å²) >= 11 is 0. The van der Waals surface area contributed by atoms with E-state index in [2.05, 4.69) is 123 Å². The summed E-state index contributed by atoms with van der Waals surface area (Å²) in [5.74, 6) is 0. The van der Waals surface area contributed by atoms with E-state index in [9.17, 15) is 0 Å². The Kier molecular flexibility index (Phi) is 6.25. The molecule has 0 radical (unpaired) electrons. The lowest BCUT2D eigenvalue weighted by atomic mass is 10.0. The van der Waals surface area contributed by atoms with Gasteiger partial charge in [0.15, 0.2) is 0 Å². The molecule has 0 saturated carbocycles. The first-order valence-corrected chi connectivity index (χ1v) is 12.2. The third-order valence-electron chi connectivity index (χ3n) is 6.77. The Labute approximate surface area is 208 Å². The molecule has 172 valence electrons. The van der Waals surface area contributed by atoms with Gasteiger partial charge < -0.3 is 4.57 Å². The van der Waals surface area contributed by atoms with Crippen molar-refractivity contribution in [3.63, 3.8) is 0 Å². The van der Waals surface area contributed by atoms with Crippen LogP contribution in [0, 0.1) is 0 Å². The van der Waals surface area contributed by atoms with Crippen molar-refractivity contribution in [2.24, 2.45) is 0 Å². The van der Waals surface area contributed by atoms with Crippen molar-refractivity contribution in [3.05, 3.63) is 139 Å². The van der Waals surface area contributed by atoms with E-state index in [1.54, 1.807) is 0 Å². The summed E-state index contributed by atoms with van der Waals surface area (Å²) in [5, 5.41) is 5.08. The highest BCUT2D eigenvalue weighted by molar-refractivity contribution is 6.14. The molecular formula is C34H31N. The highest BCUT2D eigenvalue weighted by atomic mass is 15.0. The van der Waals surface area contributed by atoms with E-state index in [0.29, 0.717) is 0 Å². The van der Waals surface area contributed by atoms with E-state index < -0.39 is 0 Å². The summed E-state index contributed by atoms with van der Waals surface area (Å²) in [5.41, 5.74) is 8.89. The molecule has 1 aliphatic rings. The number of hydrogen-bond donors (Lipinski definition) is 0. The Morgan fingerprint density at radius 3 is 2.43 bits per heavy atom. The Morgan fingerprint density at radius 1 is 0.943 bits per heavy atom. The number of hydrogen-bond acceptors (Lipinski definition) is 0. The largest absolute Gasteiger partial charge is 0.309 e. The average molecular weight is 454 g/mol. The molecule has 1 heterocycles. The van der Waals surface area contributed by atoms with Gasteiger partial charge in [-0.2, -0.15) is 0 Å². The van der Waals surface area contributed by atoms with Gasteiger partial charge in [-0.3, -0.25) is 0 Å². The van der Waals surface area contributed by atoms with Crippen LogP contribution < -0.4 is 0 Å². The molecule has 35 heavy (non-hydrogen) atoms. The summed E-state index contributed by atoms with van der Waals surface area (Å²) in [6.45, 7) is 12.2. The molecule has 0 bridgehead atoms. The molecule has 0 unspecified atom stereocenters. The molecule has 1 aromatic heterocycles. The minimum Gasteiger partial charge on any atom is -0.309 e. The molecule has 1 heteroatoms. The smallest absolute Gasteiger partial charge is 0.0547 e. The van der Waals surface area contributed by atoms with Gasteiger partial charge in [-0.1, -0.05) is 85.0 Å². The Hall–Kier alpha value is -4.10. The summed E-state index contributed by atoms with van der Waals surface area (Å²) < 4.78 is 2.41. The third kappa shape index (κ3) is 4.15. The van der Waals surface area contributed by atoms with E-state index >= 15 is 0 Å². The van der Waals surface area contributed by atoms with Gasteiger partial charge in [0.05, 0.1) is 11.0 Å². The Morgan fingerprint density at radius 2 is 1.69 bits per heavy atom. The predicted molar refractivity (Wildman–Crippen MR) is 155 cm³/mol. The number of nitrogens with zero attached hydrogens (tertiary/aromatic N) is 1. The summed E-state index contributed by atoms with van der Waals surface area (Å²) in [4.78, 5) is 0. The van der Waals surface area contributed by atoms with Crippen molar-refractivity contribution in [2.45, 2.75) is 26.7 Å². The summed E-state index contributed by atoms with van der Waals surface area (Å²) in [6.07, 6.45) is 16.8. The molecule has 1 aliphatic carbocycles. The normalized spacial score (nSPS) is 17.1. The second-order valence-electron chi connectivity index (χ2n) is 9.15. The van der Waals surface area contributed by atoms with Gasteiger partial charge in [-0.15, -0.1) is 6.58 Å². The summed E-state index contributed by atoms with van der Waals surface area (Å²) in [6, 6.07) is 22.0. The fourth-order valence-corrected chi connectivity index (χ4v) is 5.23. The minimum absolute atomic E-state index is 0.888. The summed E-state index contributed by atoms with van der Waals surface area (Å²) in [7, 11) is 0. The van der Waals surface area contributed by atoms with Crippen LogP contribution in [0.25, 0.3) is 38.3 Å².